The Balaban J connectivity index is 1.65. The van der Waals surface area contributed by atoms with Gasteiger partial charge in [-0.25, -0.2) is 4.99 Å². The number of benzene rings is 3. The summed E-state index contributed by atoms with van der Waals surface area (Å²) in [5.74, 6) is -0.918. The normalized spacial score (nSPS) is 16.6. The minimum Gasteiger partial charge on any atom is -0.400 e. The number of hydrogen-bond donors (Lipinski definition) is 3. The van der Waals surface area contributed by atoms with Crippen molar-refractivity contribution >= 4 is 80.5 Å². The maximum absolute atomic E-state index is 13.2. The van der Waals surface area contributed by atoms with Gasteiger partial charge in [0.05, 0.1) is 11.3 Å². The van der Waals surface area contributed by atoms with Gasteiger partial charge in [0.1, 0.15) is 10.3 Å². The number of anilines is 2. The third-order valence-electron chi connectivity index (χ3n) is 4.70. The van der Waals surface area contributed by atoms with Crippen LogP contribution in [-0.2, 0) is 9.59 Å². The van der Waals surface area contributed by atoms with Gasteiger partial charge < -0.3 is 16.4 Å². The van der Waals surface area contributed by atoms with E-state index in [1.807, 2.05) is 18.2 Å². The zero-order valence-corrected chi connectivity index (χ0v) is 20.5. The summed E-state index contributed by atoms with van der Waals surface area (Å²) in [4.78, 5) is 30.8. The van der Waals surface area contributed by atoms with Crippen LogP contribution in [-0.4, -0.2) is 22.1 Å². The second kappa shape index (κ2) is 10.5. The summed E-state index contributed by atoms with van der Waals surface area (Å²) in [6, 6.07) is 20.4. The van der Waals surface area contributed by atoms with Crippen molar-refractivity contribution in [2.75, 3.05) is 10.6 Å². The number of nitrogens with two attached hydrogens (primary N) is 1. The van der Waals surface area contributed by atoms with Crippen LogP contribution in [0.2, 0.25) is 15.1 Å². The third-order valence-corrected chi connectivity index (χ3v) is 6.61. The number of rotatable bonds is 5. The van der Waals surface area contributed by atoms with Crippen molar-refractivity contribution < 1.29 is 9.59 Å². The molecule has 3 aromatic rings. The van der Waals surface area contributed by atoms with Crippen LogP contribution in [0.5, 0.6) is 0 Å². The molecule has 6 nitrogen and oxygen atoms in total. The van der Waals surface area contributed by atoms with Crippen molar-refractivity contribution in [3.05, 3.63) is 99.1 Å². The summed E-state index contributed by atoms with van der Waals surface area (Å²) < 4.78 is 0. The lowest BCUT2D eigenvalue weighted by Crippen LogP contribution is -2.29. The highest BCUT2D eigenvalue weighted by Crippen LogP contribution is 2.36. The van der Waals surface area contributed by atoms with Crippen LogP contribution in [0.1, 0.15) is 0 Å². The van der Waals surface area contributed by atoms with E-state index in [1.54, 1.807) is 54.6 Å². The maximum Gasteiger partial charge on any atom is 0.260 e. The number of aliphatic imine (C=N–C) groups is 1. The first-order valence-corrected chi connectivity index (χ1v) is 12.0. The molecule has 0 saturated heterocycles. The number of hydrogen-bond acceptors (Lipinski definition) is 5. The average Bonchev–Trinajstić information content (AvgIpc) is 3.11. The minimum atomic E-state index is -0.883. The molecule has 0 radical (unpaired) electrons. The molecule has 1 aliphatic rings. The quantitative estimate of drug-likeness (QED) is 0.361. The summed E-state index contributed by atoms with van der Waals surface area (Å²) >= 11 is 19.1. The van der Waals surface area contributed by atoms with Gasteiger partial charge in [0, 0.05) is 32.1 Å². The van der Waals surface area contributed by atoms with Crippen LogP contribution in [0.15, 0.2) is 89.1 Å². The smallest absolute Gasteiger partial charge is 0.260 e. The largest absolute Gasteiger partial charge is 0.400 e. The molecule has 10 heteroatoms. The fraction of sp³-hybridized carbons (Fsp3) is 0.0417. The number of carbonyl (C=O) groups excluding carboxylic acids is 2. The van der Waals surface area contributed by atoms with Crippen molar-refractivity contribution in [3.8, 4) is 0 Å². The highest BCUT2D eigenvalue weighted by molar-refractivity contribution is 8.16. The molecule has 4 rings (SSSR count). The van der Waals surface area contributed by atoms with Gasteiger partial charge in [-0.3, -0.25) is 9.59 Å². The molecule has 0 fully saturated rings. The van der Waals surface area contributed by atoms with Crippen LogP contribution in [0.4, 0.5) is 17.1 Å². The van der Waals surface area contributed by atoms with E-state index in [1.165, 1.54) is 0 Å². The van der Waals surface area contributed by atoms with Crippen molar-refractivity contribution in [2.45, 2.75) is 5.25 Å². The summed E-state index contributed by atoms with van der Waals surface area (Å²) in [5, 5.41) is 6.28. The second-order valence-corrected chi connectivity index (χ2v) is 9.59. The van der Waals surface area contributed by atoms with Crippen molar-refractivity contribution in [2.24, 2.45) is 10.7 Å². The molecule has 1 heterocycles. The molecule has 0 aromatic heterocycles. The second-order valence-electron chi connectivity index (χ2n) is 7.19. The lowest BCUT2D eigenvalue weighted by Gasteiger charge is -2.12. The Hall–Kier alpha value is -2.97. The predicted octanol–water partition coefficient (Wildman–Crippen LogP) is 6.28. The van der Waals surface area contributed by atoms with Gasteiger partial charge in [-0.1, -0.05) is 64.8 Å². The minimum absolute atomic E-state index is 0.0942. The molecule has 0 saturated carbocycles. The van der Waals surface area contributed by atoms with E-state index in [-0.39, 0.29) is 11.3 Å². The molecule has 1 aliphatic heterocycles. The molecule has 0 unspecified atom stereocenters. The van der Waals surface area contributed by atoms with Crippen LogP contribution >= 0.6 is 46.6 Å². The molecule has 1 atom stereocenters. The number of nitrogens with one attached hydrogen (secondary N) is 2. The molecular weight excluding hydrogens is 515 g/mol. The van der Waals surface area contributed by atoms with Gasteiger partial charge >= 0.3 is 0 Å². The van der Waals surface area contributed by atoms with Crippen molar-refractivity contribution in [1.29, 1.82) is 0 Å². The molecule has 4 N–H and O–H groups in total. The van der Waals surface area contributed by atoms with Gasteiger partial charge in [-0.05, 0) is 54.6 Å². The van der Waals surface area contributed by atoms with Gasteiger partial charge in [0.2, 0.25) is 5.91 Å². The first-order valence-electron chi connectivity index (χ1n) is 9.94. The first kappa shape index (κ1) is 24.2. The van der Waals surface area contributed by atoms with Crippen LogP contribution in [0, 0.1) is 0 Å². The van der Waals surface area contributed by atoms with E-state index < -0.39 is 17.1 Å². The topological polar surface area (TPSA) is 96.6 Å². The predicted molar refractivity (Wildman–Crippen MR) is 141 cm³/mol. The Labute approximate surface area is 215 Å². The Morgan fingerprint density at radius 3 is 2.12 bits per heavy atom. The number of halogens is 3. The summed E-state index contributed by atoms with van der Waals surface area (Å²) in [6.07, 6.45) is 0. The number of thioether (sulfide) groups is 1. The molecule has 172 valence electrons. The van der Waals surface area contributed by atoms with E-state index in [0.717, 1.165) is 11.8 Å². The van der Waals surface area contributed by atoms with Crippen molar-refractivity contribution in [1.82, 2.24) is 0 Å². The standard InChI is InChI=1S/C24H17Cl3N4O2S/c25-13-6-8-17(9-7-13)29-22(32)19-20(28)21(34-24(19)31-16-4-2-1-3-5-16)23(33)30-18-11-14(26)10-15(27)12-18/h1-12,21H,28H2,(H,29,32)(H,30,33)/t21-/m1/s1. The summed E-state index contributed by atoms with van der Waals surface area (Å²) in [7, 11) is 0. The van der Waals surface area contributed by atoms with Gasteiger partial charge in [-0.15, -0.1) is 0 Å². The lowest BCUT2D eigenvalue weighted by molar-refractivity contribution is -0.115. The fourth-order valence-corrected chi connectivity index (χ4v) is 4.95. The molecule has 0 aliphatic carbocycles. The van der Waals surface area contributed by atoms with Crippen molar-refractivity contribution in [3.63, 3.8) is 0 Å². The maximum atomic E-state index is 13.2. The number of amides is 2. The van der Waals surface area contributed by atoms with Crippen LogP contribution in [0.3, 0.4) is 0 Å². The Bertz CT molecular complexity index is 1290. The fourth-order valence-electron chi connectivity index (χ4n) is 3.17. The van der Waals surface area contributed by atoms with Gasteiger partial charge in [-0.2, -0.15) is 0 Å². The van der Waals surface area contributed by atoms with E-state index in [2.05, 4.69) is 15.6 Å². The first-order chi connectivity index (χ1) is 16.3. The Morgan fingerprint density at radius 1 is 0.824 bits per heavy atom. The molecule has 34 heavy (non-hydrogen) atoms. The molecule has 3 aromatic carbocycles. The van der Waals surface area contributed by atoms with E-state index in [0.29, 0.717) is 37.2 Å². The van der Waals surface area contributed by atoms with E-state index >= 15 is 0 Å². The van der Waals surface area contributed by atoms with E-state index in [9.17, 15) is 9.59 Å². The number of para-hydroxylation sites is 1. The zero-order chi connectivity index (χ0) is 24.2. The molecule has 2 amide bonds. The molecule has 0 spiro atoms. The lowest BCUT2D eigenvalue weighted by atomic mass is 10.1. The number of nitrogens with zero attached hydrogens (tertiary/aromatic N) is 1. The summed E-state index contributed by atoms with van der Waals surface area (Å²) in [6.45, 7) is 0. The monoisotopic (exact) mass is 530 g/mol. The average molecular weight is 532 g/mol. The zero-order valence-electron chi connectivity index (χ0n) is 17.4. The summed E-state index contributed by atoms with van der Waals surface area (Å²) in [5.41, 5.74) is 8.13. The van der Waals surface area contributed by atoms with Gasteiger partial charge in [0.15, 0.2) is 0 Å². The third kappa shape index (κ3) is 5.74. The Morgan fingerprint density at radius 2 is 1.47 bits per heavy atom. The molecular formula is C24H17Cl3N4O2S. The van der Waals surface area contributed by atoms with Crippen LogP contribution < -0.4 is 16.4 Å². The van der Waals surface area contributed by atoms with Gasteiger partial charge in [0.25, 0.3) is 5.91 Å². The number of carbonyl (C=O) groups is 2. The van der Waals surface area contributed by atoms with E-state index in [4.69, 9.17) is 40.5 Å². The van der Waals surface area contributed by atoms with Crippen LogP contribution in [0.25, 0.3) is 0 Å². The SMILES string of the molecule is NC1=C(C(=O)Nc2ccc(Cl)cc2)C(=Nc2ccccc2)S[C@H]1C(=O)Nc1cc(Cl)cc(Cl)c1. The Kier molecular flexibility index (Phi) is 7.48. The molecule has 0 bridgehead atoms. The highest BCUT2D eigenvalue weighted by Gasteiger charge is 2.38. The highest BCUT2D eigenvalue weighted by atomic mass is 35.5.